The van der Waals surface area contributed by atoms with Crippen LogP contribution in [0.1, 0.15) is 45.1 Å². The summed E-state index contributed by atoms with van der Waals surface area (Å²) in [5.74, 6) is 8.00. The predicted octanol–water partition coefficient (Wildman–Crippen LogP) is 4.22. The molecule has 0 saturated heterocycles. The third-order valence-corrected chi connectivity index (χ3v) is 2.73. The third kappa shape index (κ3) is 5.70. The first-order valence-corrected chi connectivity index (χ1v) is 7.07. The molecule has 1 aromatic rings. The van der Waals surface area contributed by atoms with Crippen molar-refractivity contribution in [2.75, 3.05) is 13.7 Å². The van der Waals surface area contributed by atoms with E-state index >= 15 is 0 Å². The first-order chi connectivity index (χ1) is 9.31. The maximum Gasteiger partial charge on any atom is 0.161 e. The first-order valence-electron chi connectivity index (χ1n) is 7.07. The number of benzene rings is 1. The molecule has 0 radical (unpaired) electrons. The molecule has 0 spiro atoms. The number of hydrogen-bond donors (Lipinski definition) is 0. The van der Waals surface area contributed by atoms with Crippen LogP contribution in [0.2, 0.25) is 0 Å². The van der Waals surface area contributed by atoms with Crippen molar-refractivity contribution in [1.82, 2.24) is 0 Å². The van der Waals surface area contributed by atoms with E-state index in [4.69, 9.17) is 9.47 Å². The minimum absolute atomic E-state index is 0.720. The van der Waals surface area contributed by atoms with Crippen molar-refractivity contribution in [2.45, 2.75) is 46.0 Å². The van der Waals surface area contributed by atoms with E-state index in [1.165, 1.54) is 5.56 Å². The highest BCUT2D eigenvalue weighted by molar-refractivity contribution is 5.43. The van der Waals surface area contributed by atoms with Crippen LogP contribution in [0.3, 0.4) is 0 Å². The molecule has 0 heterocycles. The molecule has 2 nitrogen and oxygen atoms in total. The monoisotopic (exact) mass is 260 g/mol. The Kier molecular flexibility index (Phi) is 7.58. The molecule has 1 aromatic carbocycles. The van der Waals surface area contributed by atoms with Gasteiger partial charge < -0.3 is 9.47 Å². The molecule has 0 aliphatic heterocycles. The number of rotatable bonds is 7. The van der Waals surface area contributed by atoms with Crippen molar-refractivity contribution >= 4 is 0 Å². The largest absolute Gasteiger partial charge is 0.493 e. The average molecular weight is 260 g/mol. The summed E-state index contributed by atoms with van der Waals surface area (Å²) in [6.07, 6.45) is 4.98. The summed E-state index contributed by atoms with van der Waals surface area (Å²) in [7, 11) is 1.68. The molecule has 0 fully saturated rings. The summed E-state index contributed by atoms with van der Waals surface area (Å²) in [5, 5.41) is 0. The van der Waals surface area contributed by atoms with Gasteiger partial charge in [0.05, 0.1) is 13.7 Å². The van der Waals surface area contributed by atoms with Crippen LogP contribution in [0.25, 0.3) is 0 Å². The van der Waals surface area contributed by atoms with Gasteiger partial charge in [-0.25, -0.2) is 0 Å². The Labute approximate surface area is 117 Å². The minimum Gasteiger partial charge on any atom is -0.493 e. The Morgan fingerprint density at radius 1 is 1.00 bits per heavy atom. The van der Waals surface area contributed by atoms with Crippen LogP contribution in [0.4, 0.5) is 0 Å². The number of methoxy groups -OCH3 is 1. The molecule has 104 valence electrons. The fourth-order valence-corrected chi connectivity index (χ4v) is 1.71. The summed E-state index contributed by atoms with van der Waals surface area (Å²) >= 11 is 0. The summed E-state index contributed by atoms with van der Waals surface area (Å²) in [4.78, 5) is 0. The summed E-state index contributed by atoms with van der Waals surface area (Å²) in [6, 6.07) is 6.13. The van der Waals surface area contributed by atoms with Gasteiger partial charge in [0.15, 0.2) is 11.5 Å². The Bertz CT molecular complexity index is 427. The smallest absolute Gasteiger partial charge is 0.161 e. The van der Waals surface area contributed by atoms with Gasteiger partial charge in [0.2, 0.25) is 0 Å². The van der Waals surface area contributed by atoms with Crippen LogP contribution in [0.5, 0.6) is 11.5 Å². The Morgan fingerprint density at radius 2 is 1.79 bits per heavy atom. The molecule has 1 rings (SSSR count). The van der Waals surface area contributed by atoms with E-state index in [0.717, 1.165) is 50.2 Å². The van der Waals surface area contributed by atoms with Crippen molar-refractivity contribution in [1.29, 1.82) is 0 Å². The SMILES string of the molecule is CCCC#CCCc1ccc(OCCC)c(OC)c1. The predicted molar refractivity (Wildman–Crippen MR) is 79.8 cm³/mol. The molecule has 0 saturated carbocycles. The number of unbranched alkanes of at least 4 members (excludes halogenated alkanes) is 1. The quantitative estimate of drug-likeness (QED) is 0.683. The van der Waals surface area contributed by atoms with Crippen LogP contribution in [-0.4, -0.2) is 13.7 Å². The molecule has 0 unspecified atom stereocenters. The van der Waals surface area contributed by atoms with Crippen molar-refractivity contribution in [3.05, 3.63) is 23.8 Å². The maximum atomic E-state index is 5.64. The standard InChI is InChI=1S/C17H24O2/c1-4-6-7-8-9-10-15-11-12-16(19-13-5-2)17(14-15)18-3/h11-12,14H,4-6,9-10,13H2,1-3H3. The van der Waals surface area contributed by atoms with Gasteiger partial charge in [-0.3, -0.25) is 0 Å². The third-order valence-electron chi connectivity index (χ3n) is 2.73. The van der Waals surface area contributed by atoms with Gasteiger partial charge in [-0.1, -0.05) is 19.9 Å². The van der Waals surface area contributed by atoms with E-state index in [-0.39, 0.29) is 0 Å². The molecule has 0 bridgehead atoms. The molecule has 19 heavy (non-hydrogen) atoms. The highest BCUT2D eigenvalue weighted by atomic mass is 16.5. The lowest BCUT2D eigenvalue weighted by Crippen LogP contribution is -1.98. The molecule has 0 aliphatic carbocycles. The van der Waals surface area contributed by atoms with E-state index in [2.05, 4.69) is 31.8 Å². The van der Waals surface area contributed by atoms with Crippen molar-refractivity contribution in [3.63, 3.8) is 0 Å². The van der Waals surface area contributed by atoms with Gasteiger partial charge in [-0.2, -0.15) is 0 Å². The van der Waals surface area contributed by atoms with Gasteiger partial charge in [0.1, 0.15) is 0 Å². The van der Waals surface area contributed by atoms with Crippen molar-refractivity contribution < 1.29 is 9.47 Å². The second kappa shape index (κ2) is 9.33. The zero-order valence-corrected chi connectivity index (χ0v) is 12.3. The van der Waals surface area contributed by atoms with Gasteiger partial charge >= 0.3 is 0 Å². The number of aryl methyl sites for hydroxylation is 1. The summed E-state index contributed by atoms with van der Waals surface area (Å²) < 4.78 is 11.0. The molecular weight excluding hydrogens is 236 g/mol. The lowest BCUT2D eigenvalue weighted by molar-refractivity contribution is 0.294. The zero-order valence-electron chi connectivity index (χ0n) is 12.3. The summed E-state index contributed by atoms with van der Waals surface area (Å²) in [6.45, 7) is 4.96. The van der Waals surface area contributed by atoms with Crippen LogP contribution < -0.4 is 9.47 Å². The molecule has 0 aromatic heterocycles. The second-order valence-electron chi connectivity index (χ2n) is 4.44. The lowest BCUT2D eigenvalue weighted by Gasteiger charge is -2.11. The Balaban J connectivity index is 2.59. The van der Waals surface area contributed by atoms with E-state index < -0.39 is 0 Å². The number of ether oxygens (including phenoxy) is 2. The molecule has 0 aliphatic rings. The van der Waals surface area contributed by atoms with Crippen LogP contribution in [0.15, 0.2) is 18.2 Å². The van der Waals surface area contributed by atoms with E-state index in [9.17, 15) is 0 Å². The van der Waals surface area contributed by atoms with Crippen LogP contribution >= 0.6 is 0 Å². The highest BCUT2D eigenvalue weighted by Gasteiger charge is 2.05. The Morgan fingerprint density at radius 3 is 2.47 bits per heavy atom. The lowest BCUT2D eigenvalue weighted by atomic mass is 10.1. The molecule has 2 heteroatoms. The van der Waals surface area contributed by atoms with Gasteiger partial charge in [-0.15, -0.1) is 11.8 Å². The van der Waals surface area contributed by atoms with Gasteiger partial charge in [0.25, 0.3) is 0 Å². The first kappa shape index (κ1) is 15.4. The molecule has 0 N–H and O–H groups in total. The van der Waals surface area contributed by atoms with E-state index in [1.54, 1.807) is 7.11 Å². The molecule has 0 atom stereocenters. The molecular formula is C17H24O2. The average Bonchev–Trinajstić information content (AvgIpc) is 2.45. The van der Waals surface area contributed by atoms with Gasteiger partial charge in [-0.05, 0) is 37.0 Å². The van der Waals surface area contributed by atoms with Crippen molar-refractivity contribution in [3.8, 4) is 23.3 Å². The Hall–Kier alpha value is -1.62. The number of hydrogen-bond acceptors (Lipinski definition) is 2. The van der Waals surface area contributed by atoms with Crippen molar-refractivity contribution in [2.24, 2.45) is 0 Å². The topological polar surface area (TPSA) is 18.5 Å². The fraction of sp³-hybridized carbons (Fsp3) is 0.529. The minimum atomic E-state index is 0.720. The molecule has 0 amide bonds. The maximum absolute atomic E-state index is 5.64. The fourth-order valence-electron chi connectivity index (χ4n) is 1.71. The highest BCUT2D eigenvalue weighted by Crippen LogP contribution is 2.28. The van der Waals surface area contributed by atoms with Gasteiger partial charge in [0, 0.05) is 12.8 Å². The van der Waals surface area contributed by atoms with E-state index in [1.807, 2.05) is 12.1 Å². The summed E-state index contributed by atoms with van der Waals surface area (Å²) in [5.41, 5.74) is 1.24. The second-order valence-corrected chi connectivity index (χ2v) is 4.44. The van der Waals surface area contributed by atoms with E-state index in [0.29, 0.717) is 0 Å². The van der Waals surface area contributed by atoms with Crippen LogP contribution in [0, 0.1) is 11.8 Å². The normalized spacial score (nSPS) is 9.63. The zero-order chi connectivity index (χ0) is 13.9. The van der Waals surface area contributed by atoms with Crippen LogP contribution in [-0.2, 0) is 6.42 Å².